The van der Waals surface area contributed by atoms with Crippen LogP contribution in [0.2, 0.25) is 0 Å². The third-order valence-corrected chi connectivity index (χ3v) is 3.12. The van der Waals surface area contributed by atoms with Crippen molar-refractivity contribution in [3.8, 4) is 0 Å². The molecule has 82 valence electrons. The first-order chi connectivity index (χ1) is 6.93. The van der Waals surface area contributed by atoms with Gasteiger partial charge in [0.2, 0.25) is 16.9 Å². The van der Waals surface area contributed by atoms with Crippen LogP contribution in [0.4, 0.5) is 10.9 Å². The first-order valence-electron chi connectivity index (χ1n) is 3.82. The van der Waals surface area contributed by atoms with E-state index in [1.165, 1.54) is 19.2 Å². The Morgan fingerprint density at radius 2 is 1.80 bits per heavy atom. The zero-order valence-electron chi connectivity index (χ0n) is 7.90. The molecule has 5 nitrogen and oxygen atoms in total. The molecule has 8 heteroatoms. The molecule has 2 amide bonds. The molecular formula is C7H7Cl2N3O2S. The first kappa shape index (κ1) is 12.2. The van der Waals surface area contributed by atoms with Gasteiger partial charge in [0.1, 0.15) is 0 Å². The van der Waals surface area contributed by atoms with Crippen LogP contribution in [-0.2, 0) is 9.59 Å². The van der Waals surface area contributed by atoms with E-state index in [1.807, 2.05) is 0 Å². The Hall–Kier alpha value is -0.850. The van der Waals surface area contributed by atoms with Gasteiger partial charge in [-0.15, -0.1) is 11.3 Å². The van der Waals surface area contributed by atoms with E-state index in [2.05, 4.69) is 4.98 Å². The van der Waals surface area contributed by atoms with Crippen LogP contribution in [-0.4, -0.2) is 16.8 Å². The summed E-state index contributed by atoms with van der Waals surface area (Å²) in [5.41, 5.74) is 0. The van der Waals surface area contributed by atoms with Crippen LogP contribution in [0.15, 0.2) is 5.38 Å². The highest BCUT2D eigenvalue weighted by molar-refractivity contribution is 7.14. The second kappa shape index (κ2) is 4.78. The normalized spacial score (nSPS) is 9.87. The van der Waals surface area contributed by atoms with Gasteiger partial charge in [-0.3, -0.25) is 9.59 Å². The maximum Gasteiger partial charge on any atom is 0.240 e. The van der Waals surface area contributed by atoms with E-state index >= 15 is 0 Å². The Morgan fingerprint density at radius 1 is 1.27 bits per heavy atom. The highest BCUT2D eigenvalue weighted by atomic mass is 35.5. The van der Waals surface area contributed by atoms with Crippen molar-refractivity contribution in [2.45, 2.75) is 13.8 Å². The van der Waals surface area contributed by atoms with Gasteiger partial charge in [0.05, 0.1) is 0 Å². The van der Waals surface area contributed by atoms with Crippen molar-refractivity contribution in [3.05, 3.63) is 5.38 Å². The summed E-state index contributed by atoms with van der Waals surface area (Å²) in [5.74, 6) is -0.477. The van der Waals surface area contributed by atoms with E-state index in [4.69, 9.17) is 23.6 Å². The summed E-state index contributed by atoms with van der Waals surface area (Å²) in [5, 5.41) is 1.80. The Labute approximate surface area is 100 Å². The largest absolute Gasteiger partial charge is 0.273 e. The topological polar surface area (TPSA) is 53.5 Å². The number of carbonyl (C=O) groups excluding carboxylic acids is 2. The molecule has 0 radical (unpaired) electrons. The first-order valence-corrected chi connectivity index (χ1v) is 5.37. The number of thiazole rings is 1. The minimum absolute atomic E-state index is 0.246. The molecule has 0 aromatic carbocycles. The Balaban J connectivity index is 2.89. The monoisotopic (exact) mass is 267 g/mol. The molecule has 0 saturated heterocycles. The second-order valence-electron chi connectivity index (χ2n) is 2.59. The average Bonchev–Trinajstić information content (AvgIpc) is 2.63. The maximum absolute atomic E-state index is 10.9. The fourth-order valence-electron chi connectivity index (χ4n) is 0.732. The van der Waals surface area contributed by atoms with Crippen LogP contribution in [0.25, 0.3) is 0 Å². The fourth-order valence-corrected chi connectivity index (χ4v) is 1.77. The van der Waals surface area contributed by atoms with Crippen molar-refractivity contribution in [1.29, 1.82) is 0 Å². The van der Waals surface area contributed by atoms with Gasteiger partial charge in [-0.05, 0) is 0 Å². The molecule has 15 heavy (non-hydrogen) atoms. The predicted molar refractivity (Wildman–Crippen MR) is 60.1 cm³/mol. The van der Waals surface area contributed by atoms with E-state index in [-0.39, 0.29) is 22.8 Å². The number of anilines is 2. The van der Waals surface area contributed by atoms with Crippen molar-refractivity contribution in [2.24, 2.45) is 0 Å². The lowest BCUT2D eigenvalue weighted by atomic mass is 10.6. The standard InChI is InChI=1S/C7H7Cl2N3O2S/c1-4(13)11(8)6-3-15-7(10-6)12(9)5(2)14/h3H,1-2H3. The van der Waals surface area contributed by atoms with E-state index in [9.17, 15) is 9.59 Å². The van der Waals surface area contributed by atoms with Gasteiger partial charge >= 0.3 is 0 Å². The van der Waals surface area contributed by atoms with Gasteiger partial charge in [-0.2, -0.15) is 9.40 Å². The lowest BCUT2D eigenvalue weighted by Gasteiger charge is -2.07. The molecule has 0 N–H and O–H groups in total. The number of carbonyl (C=O) groups is 2. The highest BCUT2D eigenvalue weighted by Crippen LogP contribution is 2.28. The number of hydrogen-bond acceptors (Lipinski definition) is 4. The number of halogens is 2. The average molecular weight is 268 g/mol. The Kier molecular flexibility index (Phi) is 3.90. The van der Waals surface area contributed by atoms with Gasteiger partial charge in [0.15, 0.2) is 5.82 Å². The zero-order valence-corrected chi connectivity index (χ0v) is 10.2. The zero-order chi connectivity index (χ0) is 11.6. The van der Waals surface area contributed by atoms with Crippen molar-refractivity contribution in [2.75, 3.05) is 8.84 Å². The Morgan fingerprint density at radius 3 is 2.27 bits per heavy atom. The molecular weight excluding hydrogens is 261 g/mol. The van der Waals surface area contributed by atoms with E-state index in [0.717, 1.165) is 20.2 Å². The third kappa shape index (κ3) is 2.80. The van der Waals surface area contributed by atoms with E-state index in [0.29, 0.717) is 0 Å². The van der Waals surface area contributed by atoms with Crippen molar-refractivity contribution in [3.63, 3.8) is 0 Å². The number of hydrogen-bond donors (Lipinski definition) is 0. The molecule has 1 aromatic rings. The van der Waals surface area contributed by atoms with Crippen LogP contribution >= 0.6 is 34.9 Å². The van der Waals surface area contributed by atoms with Gasteiger partial charge in [-0.25, -0.2) is 4.42 Å². The smallest absolute Gasteiger partial charge is 0.240 e. The molecule has 1 aromatic heterocycles. The van der Waals surface area contributed by atoms with Crippen molar-refractivity contribution >= 4 is 57.7 Å². The van der Waals surface area contributed by atoms with E-state index in [1.54, 1.807) is 0 Å². The van der Waals surface area contributed by atoms with Crippen LogP contribution < -0.4 is 8.84 Å². The SMILES string of the molecule is CC(=O)N(Cl)c1csc(N(Cl)C(C)=O)n1. The summed E-state index contributed by atoms with van der Waals surface area (Å²) in [6.45, 7) is 2.60. The molecule has 0 aliphatic carbocycles. The summed E-state index contributed by atoms with van der Waals surface area (Å²) in [6, 6.07) is 0. The molecule has 0 aliphatic heterocycles. The summed E-state index contributed by atoms with van der Waals surface area (Å²) in [4.78, 5) is 25.7. The van der Waals surface area contributed by atoms with Crippen LogP contribution in [0.3, 0.4) is 0 Å². The minimum Gasteiger partial charge on any atom is -0.273 e. The summed E-state index contributed by atoms with van der Waals surface area (Å²) >= 11 is 12.4. The molecule has 1 rings (SSSR count). The molecule has 0 aliphatic rings. The van der Waals surface area contributed by atoms with Crippen LogP contribution in [0, 0.1) is 0 Å². The molecule has 0 bridgehead atoms. The van der Waals surface area contributed by atoms with E-state index < -0.39 is 0 Å². The minimum atomic E-state index is -0.363. The molecule has 0 atom stereocenters. The number of amides is 2. The van der Waals surface area contributed by atoms with Gasteiger partial charge in [0, 0.05) is 42.8 Å². The van der Waals surface area contributed by atoms with Crippen LogP contribution in [0.5, 0.6) is 0 Å². The quantitative estimate of drug-likeness (QED) is 0.772. The van der Waals surface area contributed by atoms with Gasteiger partial charge in [-0.1, -0.05) is 0 Å². The Bertz CT molecular complexity index is 361. The lowest BCUT2D eigenvalue weighted by molar-refractivity contribution is -0.116. The summed E-state index contributed by atoms with van der Waals surface area (Å²) in [6.07, 6.45) is 0. The molecule has 0 fully saturated rings. The molecule has 0 spiro atoms. The number of aromatic nitrogens is 1. The number of rotatable bonds is 2. The second-order valence-corrected chi connectivity index (χ2v) is 4.10. The van der Waals surface area contributed by atoms with Gasteiger partial charge < -0.3 is 0 Å². The maximum atomic E-state index is 10.9. The van der Waals surface area contributed by atoms with Crippen molar-refractivity contribution in [1.82, 2.24) is 4.98 Å². The fraction of sp³-hybridized carbons (Fsp3) is 0.286. The van der Waals surface area contributed by atoms with Crippen molar-refractivity contribution < 1.29 is 9.59 Å². The molecule has 1 heterocycles. The van der Waals surface area contributed by atoms with Crippen LogP contribution in [0.1, 0.15) is 13.8 Å². The predicted octanol–water partition coefficient (Wildman–Crippen LogP) is 2.16. The number of nitrogens with zero attached hydrogens (tertiary/aromatic N) is 3. The lowest BCUT2D eigenvalue weighted by Crippen LogP contribution is -2.18. The third-order valence-electron chi connectivity index (χ3n) is 1.40. The van der Waals surface area contributed by atoms with Gasteiger partial charge in [0.25, 0.3) is 0 Å². The highest BCUT2D eigenvalue weighted by Gasteiger charge is 2.17. The molecule has 0 unspecified atom stereocenters. The summed E-state index contributed by atoms with van der Waals surface area (Å²) < 4.78 is 1.71. The molecule has 0 saturated carbocycles. The summed E-state index contributed by atoms with van der Waals surface area (Å²) in [7, 11) is 0.